The molecule has 3 N–H and O–H groups in total. The molecule has 1 aromatic carbocycles. The summed E-state index contributed by atoms with van der Waals surface area (Å²) in [6.45, 7) is 0. The number of rotatable bonds is 0. The topological polar surface area (TPSA) is 54.7 Å². The second kappa shape index (κ2) is 1.73. The van der Waals surface area contributed by atoms with E-state index in [2.05, 4.69) is 9.97 Å². The number of nitrogens with one attached hydrogen (secondary N) is 1. The SMILES string of the molecule is [2H]c1nc2cccc(N)c2[nH]1. The molecule has 1 heterocycles. The Kier molecular flexibility index (Phi) is 0.750. The van der Waals surface area contributed by atoms with Crippen LogP contribution in [-0.2, 0) is 0 Å². The fourth-order valence-corrected chi connectivity index (χ4v) is 0.931. The van der Waals surface area contributed by atoms with Crippen LogP contribution in [0.5, 0.6) is 0 Å². The van der Waals surface area contributed by atoms with Gasteiger partial charge in [0.25, 0.3) is 0 Å². The molecule has 10 heavy (non-hydrogen) atoms. The predicted molar refractivity (Wildman–Crippen MR) is 40.5 cm³/mol. The molecule has 0 fully saturated rings. The predicted octanol–water partition coefficient (Wildman–Crippen LogP) is 1.15. The highest BCUT2D eigenvalue weighted by molar-refractivity contribution is 5.86. The van der Waals surface area contributed by atoms with Gasteiger partial charge in [0.1, 0.15) is 1.37 Å². The van der Waals surface area contributed by atoms with Crippen molar-refractivity contribution < 1.29 is 1.37 Å². The number of benzene rings is 1. The Morgan fingerprint density at radius 1 is 1.60 bits per heavy atom. The van der Waals surface area contributed by atoms with E-state index in [0.717, 1.165) is 11.0 Å². The van der Waals surface area contributed by atoms with Gasteiger partial charge in [0.15, 0.2) is 0 Å². The van der Waals surface area contributed by atoms with Crippen LogP contribution in [0, 0.1) is 0 Å². The average Bonchev–Trinajstić information content (AvgIpc) is 2.31. The van der Waals surface area contributed by atoms with E-state index in [1.165, 1.54) is 0 Å². The van der Waals surface area contributed by atoms with Gasteiger partial charge in [0, 0.05) is 0 Å². The monoisotopic (exact) mass is 134 g/mol. The van der Waals surface area contributed by atoms with Crippen molar-refractivity contribution in [2.24, 2.45) is 0 Å². The molecular weight excluding hydrogens is 126 g/mol. The van der Waals surface area contributed by atoms with Gasteiger partial charge in [0.05, 0.1) is 23.0 Å². The van der Waals surface area contributed by atoms with E-state index in [-0.39, 0.29) is 6.30 Å². The number of hydrogen-bond acceptors (Lipinski definition) is 2. The second-order valence-electron chi connectivity index (χ2n) is 2.09. The van der Waals surface area contributed by atoms with Gasteiger partial charge in [0.2, 0.25) is 0 Å². The maximum Gasteiger partial charge on any atom is 0.104 e. The number of nitrogen functional groups attached to an aromatic ring is 1. The summed E-state index contributed by atoms with van der Waals surface area (Å²) in [7, 11) is 0. The van der Waals surface area contributed by atoms with Crippen molar-refractivity contribution in [3.8, 4) is 0 Å². The quantitative estimate of drug-likeness (QED) is 0.531. The van der Waals surface area contributed by atoms with Crippen molar-refractivity contribution in [1.82, 2.24) is 9.97 Å². The van der Waals surface area contributed by atoms with Gasteiger partial charge in [-0.2, -0.15) is 0 Å². The number of nitrogens with zero attached hydrogens (tertiary/aromatic N) is 1. The van der Waals surface area contributed by atoms with Crippen LogP contribution in [0.25, 0.3) is 11.0 Å². The largest absolute Gasteiger partial charge is 0.397 e. The zero-order valence-corrected chi connectivity index (χ0v) is 5.26. The van der Waals surface area contributed by atoms with Crippen molar-refractivity contribution in [3.05, 3.63) is 24.5 Å². The third kappa shape index (κ3) is 0.572. The molecular formula is C7H7N3. The molecule has 0 saturated carbocycles. The number of fused-ring (bicyclic) bond motifs is 1. The lowest BCUT2D eigenvalue weighted by molar-refractivity contribution is 1.34. The Balaban J connectivity index is 2.90. The Morgan fingerprint density at radius 3 is 3.30 bits per heavy atom. The number of para-hydroxylation sites is 1. The van der Waals surface area contributed by atoms with Crippen molar-refractivity contribution in [3.63, 3.8) is 0 Å². The highest BCUT2D eigenvalue weighted by atomic mass is 14.9. The van der Waals surface area contributed by atoms with Crippen molar-refractivity contribution in [1.29, 1.82) is 0 Å². The summed E-state index contributed by atoms with van der Waals surface area (Å²) in [6.07, 6.45) is 0.151. The number of nitrogens with two attached hydrogens (primary N) is 1. The van der Waals surface area contributed by atoms with E-state index in [4.69, 9.17) is 7.10 Å². The minimum atomic E-state index is 0.151. The lowest BCUT2D eigenvalue weighted by Crippen LogP contribution is -1.84. The number of aromatic nitrogens is 2. The lowest BCUT2D eigenvalue weighted by Gasteiger charge is -1.91. The molecule has 3 heteroatoms. The molecule has 3 nitrogen and oxygen atoms in total. The molecule has 0 bridgehead atoms. The van der Waals surface area contributed by atoms with Crippen LogP contribution in [-0.4, -0.2) is 9.97 Å². The van der Waals surface area contributed by atoms with E-state index in [9.17, 15) is 0 Å². The molecule has 50 valence electrons. The highest BCUT2D eigenvalue weighted by Gasteiger charge is 1.95. The standard InChI is InChI=1S/C7H7N3/c8-5-2-1-3-6-7(5)10-4-9-6/h1-4H,8H2,(H,9,10)/i4D. The van der Waals surface area contributed by atoms with Gasteiger partial charge >= 0.3 is 0 Å². The van der Waals surface area contributed by atoms with Crippen LogP contribution in [0.3, 0.4) is 0 Å². The zero-order chi connectivity index (χ0) is 7.84. The Hall–Kier alpha value is -1.51. The minimum Gasteiger partial charge on any atom is -0.397 e. The summed E-state index contributed by atoms with van der Waals surface area (Å²) >= 11 is 0. The number of anilines is 1. The molecule has 0 aliphatic heterocycles. The first kappa shape index (κ1) is 4.33. The number of aromatic amines is 1. The summed E-state index contributed by atoms with van der Waals surface area (Å²) in [4.78, 5) is 6.66. The van der Waals surface area contributed by atoms with E-state index in [0.29, 0.717) is 5.69 Å². The zero-order valence-electron chi connectivity index (χ0n) is 6.26. The molecule has 0 unspecified atom stereocenters. The maximum absolute atomic E-state index is 7.20. The van der Waals surface area contributed by atoms with Crippen LogP contribution in [0.1, 0.15) is 1.37 Å². The molecule has 0 aliphatic carbocycles. The van der Waals surface area contributed by atoms with Gasteiger partial charge in [-0.05, 0) is 12.1 Å². The van der Waals surface area contributed by atoms with Gasteiger partial charge in [-0.3, -0.25) is 0 Å². The highest BCUT2D eigenvalue weighted by Crippen LogP contribution is 2.15. The average molecular weight is 134 g/mol. The first-order chi connectivity index (χ1) is 5.27. The van der Waals surface area contributed by atoms with E-state index < -0.39 is 0 Å². The smallest absolute Gasteiger partial charge is 0.104 e. The Morgan fingerprint density at radius 2 is 2.50 bits per heavy atom. The molecule has 0 spiro atoms. The second-order valence-corrected chi connectivity index (χ2v) is 2.09. The number of H-pyrrole nitrogens is 1. The fourth-order valence-electron chi connectivity index (χ4n) is 0.931. The molecule has 2 rings (SSSR count). The molecule has 1 aromatic heterocycles. The summed E-state index contributed by atoms with van der Waals surface area (Å²) in [5.41, 5.74) is 7.74. The Bertz CT molecular complexity index is 393. The van der Waals surface area contributed by atoms with Crippen molar-refractivity contribution in [2.75, 3.05) is 5.73 Å². The van der Waals surface area contributed by atoms with Gasteiger partial charge in [-0.25, -0.2) is 4.98 Å². The summed E-state index contributed by atoms with van der Waals surface area (Å²) in [6, 6.07) is 5.41. The molecule has 2 aromatic rings. The first-order valence-electron chi connectivity index (χ1n) is 3.48. The lowest BCUT2D eigenvalue weighted by atomic mass is 10.3. The van der Waals surface area contributed by atoms with Crippen molar-refractivity contribution >= 4 is 16.7 Å². The van der Waals surface area contributed by atoms with E-state index in [1.54, 1.807) is 6.07 Å². The summed E-state index contributed by atoms with van der Waals surface area (Å²) < 4.78 is 7.20. The summed E-state index contributed by atoms with van der Waals surface area (Å²) in [5.74, 6) is 0. The van der Waals surface area contributed by atoms with Crippen LogP contribution in [0.15, 0.2) is 24.5 Å². The van der Waals surface area contributed by atoms with Crippen LogP contribution >= 0.6 is 0 Å². The molecule has 0 aliphatic rings. The molecule has 0 radical (unpaired) electrons. The van der Waals surface area contributed by atoms with Crippen LogP contribution in [0.2, 0.25) is 0 Å². The fraction of sp³-hybridized carbons (Fsp3) is 0. The van der Waals surface area contributed by atoms with Crippen LogP contribution in [0.4, 0.5) is 5.69 Å². The molecule has 0 saturated heterocycles. The molecule has 0 atom stereocenters. The maximum atomic E-state index is 7.20. The Labute approximate surface area is 59.3 Å². The number of hydrogen-bond donors (Lipinski definition) is 2. The third-order valence-electron chi connectivity index (χ3n) is 1.43. The van der Waals surface area contributed by atoms with E-state index in [1.807, 2.05) is 12.1 Å². The van der Waals surface area contributed by atoms with Gasteiger partial charge in [-0.15, -0.1) is 0 Å². The van der Waals surface area contributed by atoms with Gasteiger partial charge < -0.3 is 10.7 Å². The van der Waals surface area contributed by atoms with Gasteiger partial charge in [-0.1, -0.05) is 6.07 Å². The normalized spacial score (nSPS) is 11.8. The summed E-state index contributed by atoms with van der Waals surface area (Å²) in [5, 5.41) is 0. The third-order valence-corrected chi connectivity index (χ3v) is 1.43. The van der Waals surface area contributed by atoms with Crippen LogP contribution < -0.4 is 5.73 Å². The van der Waals surface area contributed by atoms with E-state index >= 15 is 0 Å². The first-order valence-corrected chi connectivity index (χ1v) is 2.98. The molecule has 0 amide bonds. The minimum absolute atomic E-state index is 0.151. The number of imidazole rings is 1. The van der Waals surface area contributed by atoms with Crippen molar-refractivity contribution in [2.45, 2.75) is 0 Å².